The number of pyridine rings is 1. The van der Waals surface area contributed by atoms with E-state index in [0.717, 1.165) is 5.69 Å². The Morgan fingerprint density at radius 2 is 1.92 bits per heavy atom. The van der Waals surface area contributed by atoms with Gasteiger partial charge in [-0.05, 0) is 55.3 Å². The zero-order valence-electron chi connectivity index (χ0n) is 21.1. The average molecular weight is 552 g/mol. The summed E-state index contributed by atoms with van der Waals surface area (Å²) in [7, 11) is 3.22. The van der Waals surface area contributed by atoms with Crippen LogP contribution in [0.1, 0.15) is 22.5 Å². The van der Waals surface area contributed by atoms with Crippen molar-refractivity contribution in [3.63, 3.8) is 0 Å². The summed E-state index contributed by atoms with van der Waals surface area (Å²) < 4.78 is 48.4. The molecule has 0 bridgehead atoms. The largest absolute Gasteiger partial charge is 0.573 e. The Labute approximate surface area is 221 Å². The second-order valence-corrected chi connectivity index (χ2v) is 9.07. The predicted octanol–water partition coefficient (Wildman–Crippen LogP) is 4.24. The standard InChI is InChI=1S/C25H28F3N5O4S/c1-17-5-6-19(15-30-17)22(34)31-24-33(12-4-11-29-23(35)32(2)13-14-36-3)21(16-38-24)18-7-9-20(10-8-18)37-25(26,27)28/h5-10,15-16H,4,11-14H2,1-3H3,(H,29,35). The molecule has 3 amide bonds. The topological polar surface area (TPSA) is 98.0 Å². The molecule has 3 rings (SSSR count). The number of carbonyl (C=O) groups excluding carboxylic acids is 2. The Kier molecular flexibility index (Phi) is 10.0. The number of carbonyl (C=O) groups is 2. The number of nitrogens with one attached hydrogen (secondary N) is 1. The normalized spacial score (nSPS) is 11.9. The third-order valence-corrected chi connectivity index (χ3v) is 6.21. The van der Waals surface area contributed by atoms with Gasteiger partial charge in [-0.1, -0.05) is 0 Å². The lowest BCUT2D eigenvalue weighted by atomic mass is 10.1. The molecule has 3 aromatic rings. The quantitative estimate of drug-likeness (QED) is 0.380. The smallest absolute Gasteiger partial charge is 0.406 e. The van der Waals surface area contributed by atoms with Gasteiger partial charge in [0.05, 0.1) is 17.9 Å². The van der Waals surface area contributed by atoms with Gasteiger partial charge in [0.1, 0.15) is 5.75 Å². The molecular formula is C25H28F3N5O4S. The first-order chi connectivity index (χ1) is 18.1. The molecule has 204 valence electrons. The minimum atomic E-state index is -4.79. The van der Waals surface area contributed by atoms with E-state index in [-0.39, 0.29) is 11.8 Å². The zero-order valence-corrected chi connectivity index (χ0v) is 21.9. The molecule has 0 radical (unpaired) electrons. The van der Waals surface area contributed by atoms with Gasteiger partial charge >= 0.3 is 12.4 Å². The number of rotatable bonds is 10. The van der Waals surface area contributed by atoms with Crippen molar-refractivity contribution in [2.75, 3.05) is 33.9 Å². The van der Waals surface area contributed by atoms with E-state index in [2.05, 4.69) is 20.0 Å². The third kappa shape index (κ3) is 8.42. The van der Waals surface area contributed by atoms with Gasteiger partial charge in [-0.3, -0.25) is 9.78 Å². The van der Waals surface area contributed by atoms with Gasteiger partial charge < -0.3 is 24.3 Å². The molecule has 0 saturated carbocycles. The number of halogens is 3. The highest BCUT2D eigenvalue weighted by Gasteiger charge is 2.31. The van der Waals surface area contributed by atoms with Crippen LogP contribution in [0.25, 0.3) is 11.3 Å². The lowest BCUT2D eigenvalue weighted by Gasteiger charge is -2.17. The van der Waals surface area contributed by atoms with Crippen molar-refractivity contribution in [2.24, 2.45) is 4.99 Å². The van der Waals surface area contributed by atoms with Crippen molar-refractivity contribution in [2.45, 2.75) is 26.3 Å². The lowest BCUT2D eigenvalue weighted by Crippen LogP contribution is -2.39. The number of nitrogens with zero attached hydrogens (tertiary/aromatic N) is 4. The number of hydrogen-bond acceptors (Lipinski definition) is 6. The Hall–Kier alpha value is -3.71. The maximum atomic E-state index is 12.8. The number of likely N-dealkylation sites (N-methyl/N-ethyl adjacent to an activating group) is 1. The SMILES string of the molecule is COCCN(C)C(=O)NCCCn1c(-c2ccc(OC(F)(F)F)cc2)csc1=NC(=O)c1ccc(C)nc1. The number of methoxy groups -OCH3 is 1. The van der Waals surface area contributed by atoms with Crippen LogP contribution >= 0.6 is 11.3 Å². The van der Waals surface area contributed by atoms with Crippen LogP contribution < -0.4 is 14.9 Å². The van der Waals surface area contributed by atoms with E-state index < -0.39 is 12.3 Å². The second kappa shape index (κ2) is 13.2. The Balaban J connectivity index is 1.83. The highest BCUT2D eigenvalue weighted by Crippen LogP contribution is 2.27. The molecule has 9 nitrogen and oxygen atoms in total. The maximum absolute atomic E-state index is 12.8. The van der Waals surface area contributed by atoms with Crippen LogP contribution in [0.15, 0.2) is 53.0 Å². The molecule has 0 spiro atoms. The van der Waals surface area contributed by atoms with Crippen LogP contribution in [0.4, 0.5) is 18.0 Å². The van der Waals surface area contributed by atoms with Crippen molar-refractivity contribution >= 4 is 23.3 Å². The summed E-state index contributed by atoms with van der Waals surface area (Å²) in [6.07, 6.45) is -2.82. The van der Waals surface area contributed by atoms with Gasteiger partial charge in [-0.2, -0.15) is 4.99 Å². The van der Waals surface area contributed by atoms with Crippen molar-refractivity contribution in [3.8, 4) is 17.0 Å². The van der Waals surface area contributed by atoms with Gasteiger partial charge in [0.2, 0.25) is 0 Å². The number of aromatic nitrogens is 2. The monoisotopic (exact) mass is 551 g/mol. The van der Waals surface area contributed by atoms with Crippen molar-refractivity contribution < 1.29 is 32.2 Å². The summed E-state index contributed by atoms with van der Waals surface area (Å²) >= 11 is 1.22. The summed E-state index contributed by atoms with van der Waals surface area (Å²) in [5, 5.41) is 4.60. The summed E-state index contributed by atoms with van der Waals surface area (Å²) in [6.45, 7) is 3.41. The van der Waals surface area contributed by atoms with Gasteiger partial charge in [-0.25, -0.2) is 4.79 Å². The summed E-state index contributed by atoms with van der Waals surface area (Å²) in [4.78, 5) is 35.3. The zero-order chi connectivity index (χ0) is 27.7. The number of thiazole rings is 1. The van der Waals surface area contributed by atoms with E-state index in [1.165, 1.54) is 46.7 Å². The fourth-order valence-corrected chi connectivity index (χ4v) is 4.27. The molecule has 0 fully saturated rings. The van der Waals surface area contributed by atoms with Crippen molar-refractivity contribution in [3.05, 3.63) is 64.0 Å². The molecule has 0 aliphatic heterocycles. The Morgan fingerprint density at radius 1 is 1.18 bits per heavy atom. The Morgan fingerprint density at radius 3 is 2.55 bits per heavy atom. The van der Waals surface area contributed by atoms with Crippen LogP contribution in [-0.2, 0) is 11.3 Å². The molecule has 38 heavy (non-hydrogen) atoms. The minimum absolute atomic E-state index is 0.246. The highest BCUT2D eigenvalue weighted by atomic mass is 32.1. The van der Waals surface area contributed by atoms with E-state index in [4.69, 9.17) is 4.74 Å². The third-order valence-electron chi connectivity index (χ3n) is 5.35. The van der Waals surface area contributed by atoms with Crippen molar-refractivity contribution in [1.29, 1.82) is 0 Å². The highest BCUT2D eigenvalue weighted by molar-refractivity contribution is 7.07. The fourth-order valence-electron chi connectivity index (χ4n) is 3.34. The summed E-state index contributed by atoms with van der Waals surface area (Å²) in [5.41, 5.74) is 2.37. The van der Waals surface area contributed by atoms with Crippen LogP contribution in [0.2, 0.25) is 0 Å². The molecule has 0 unspecified atom stereocenters. The van der Waals surface area contributed by atoms with Gasteiger partial charge in [0, 0.05) is 51.1 Å². The molecule has 0 aliphatic carbocycles. The molecule has 1 aromatic carbocycles. The first-order valence-corrected chi connectivity index (χ1v) is 12.5. The second-order valence-electron chi connectivity index (χ2n) is 8.23. The number of hydrogen-bond donors (Lipinski definition) is 1. The van der Waals surface area contributed by atoms with Crippen LogP contribution in [-0.4, -0.2) is 66.6 Å². The molecule has 13 heteroatoms. The van der Waals surface area contributed by atoms with Gasteiger partial charge in [-0.15, -0.1) is 24.5 Å². The molecular weight excluding hydrogens is 523 g/mol. The number of ether oxygens (including phenoxy) is 2. The van der Waals surface area contributed by atoms with E-state index in [0.29, 0.717) is 54.3 Å². The van der Waals surface area contributed by atoms with Gasteiger partial charge in [0.25, 0.3) is 5.91 Å². The van der Waals surface area contributed by atoms with E-state index >= 15 is 0 Å². The number of alkyl halides is 3. The molecule has 2 aromatic heterocycles. The number of urea groups is 1. The van der Waals surface area contributed by atoms with Crippen LogP contribution in [0, 0.1) is 6.92 Å². The van der Waals surface area contributed by atoms with E-state index in [9.17, 15) is 22.8 Å². The van der Waals surface area contributed by atoms with E-state index in [1.807, 2.05) is 6.92 Å². The van der Waals surface area contributed by atoms with Crippen molar-refractivity contribution in [1.82, 2.24) is 19.8 Å². The fraction of sp³-hybridized carbons (Fsp3) is 0.360. The van der Waals surface area contributed by atoms with Crippen LogP contribution in [0.3, 0.4) is 0 Å². The summed E-state index contributed by atoms with van der Waals surface area (Å²) in [6, 6.07) is 8.56. The molecule has 1 N–H and O–H groups in total. The first-order valence-electron chi connectivity index (χ1n) is 11.6. The first kappa shape index (κ1) is 28.9. The maximum Gasteiger partial charge on any atom is 0.573 e. The average Bonchev–Trinajstić information content (AvgIpc) is 3.26. The molecule has 0 saturated heterocycles. The summed E-state index contributed by atoms with van der Waals surface area (Å²) in [5.74, 6) is -0.808. The number of amides is 3. The molecule has 2 heterocycles. The lowest BCUT2D eigenvalue weighted by molar-refractivity contribution is -0.274. The van der Waals surface area contributed by atoms with Gasteiger partial charge in [0.15, 0.2) is 4.80 Å². The Bertz CT molecular complexity index is 1290. The molecule has 0 aliphatic rings. The number of aryl methyl sites for hydroxylation is 1. The minimum Gasteiger partial charge on any atom is -0.406 e. The number of benzene rings is 1. The molecule has 0 atom stereocenters. The predicted molar refractivity (Wildman–Crippen MR) is 136 cm³/mol. The van der Waals surface area contributed by atoms with Crippen LogP contribution in [0.5, 0.6) is 5.75 Å². The van der Waals surface area contributed by atoms with E-state index in [1.54, 1.807) is 36.2 Å².